The van der Waals surface area contributed by atoms with E-state index in [4.69, 9.17) is 4.74 Å². The highest BCUT2D eigenvalue weighted by molar-refractivity contribution is 5.48. The van der Waals surface area contributed by atoms with Crippen molar-refractivity contribution in [2.45, 2.75) is 31.3 Å². The molecule has 0 saturated carbocycles. The summed E-state index contributed by atoms with van der Waals surface area (Å²) in [5.41, 5.74) is 5.81. The predicted octanol–water partition coefficient (Wildman–Crippen LogP) is 3.45. The maximum atomic E-state index is 5.49. The molecule has 1 aliphatic heterocycles. The summed E-state index contributed by atoms with van der Waals surface area (Å²) in [6.07, 6.45) is 3.28. The first-order valence-electron chi connectivity index (χ1n) is 7.91. The normalized spacial score (nSPS) is 19.0. The van der Waals surface area contributed by atoms with Crippen LogP contribution in [-0.2, 0) is 11.2 Å². The second kappa shape index (κ2) is 5.63. The number of ether oxygens (including phenoxy) is 1. The zero-order valence-corrected chi connectivity index (χ0v) is 12.2. The van der Waals surface area contributed by atoms with Crippen molar-refractivity contribution in [3.63, 3.8) is 0 Å². The summed E-state index contributed by atoms with van der Waals surface area (Å²) in [6, 6.07) is 18.6. The molecule has 0 atom stereocenters. The molecule has 0 bridgehead atoms. The molecule has 1 aliphatic carbocycles. The highest BCUT2D eigenvalue weighted by Gasteiger charge is 2.27. The van der Waals surface area contributed by atoms with Crippen molar-refractivity contribution in [2.75, 3.05) is 13.2 Å². The van der Waals surface area contributed by atoms with Crippen molar-refractivity contribution in [3.05, 3.63) is 70.8 Å². The Morgan fingerprint density at radius 3 is 2.00 bits per heavy atom. The molecule has 0 spiro atoms. The molecule has 2 aromatic carbocycles. The van der Waals surface area contributed by atoms with E-state index < -0.39 is 0 Å². The average Bonchev–Trinajstić information content (AvgIpc) is 2.55. The number of hydrogen-bond acceptors (Lipinski definition) is 2. The third-order valence-corrected chi connectivity index (χ3v) is 4.74. The predicted molar refractivity (Wildman–Crippen MR) is 84.5 cm³/mol. The van der Waals surface area contributed by atoms with E-state index in [0.717, 1.165) is 32.5 Å². The third kappa shape index (κ3) is 2.50. The molecule has 0 amide bonds. The Balaban J connectivity index is 1.70. The standard InChI is InChI=1S/C19H21NO/c1-3-7-17-14(5-1)13-15-6-2-4-8-18(15)19(17)20-16-9-11-21-12-10-16/h1-8,16,19-20H,9-13H2. The van der Waals surface area contributed by atoms with E-state index in [1.165, 1.54) is 22.3 Å². The van der Waals surface area contributed by atoms with Gasteiger partial charge in [0.05, 0.1) is 6.04 Å². The van der Waals surface area contributed by atoms with Gasteiger partial charge in [0.1, 0.15) is 0 Å². The molecule has 0 radical (unpaired) electrons. The molecule has 2 aromatic rings. The van der Waals surface area contributed by atoms with Crippen molar-refractivity contribution in [1.29, 1.82) is 0 Å². The second-order valence-corrected chi connectivity index (χ2v) is 6.06. The summed E-state index contributed by atoms with van der Waals surface area (Å²) in [5, 5.41) is 3.89. The Bertz CT molecular complexity index is 585. The lowest BCUT2D eigenvalue weighted by molar-refractivity contribution is 0.0759. The van der Waals surface area contributed by atoms with Gasteiger partial charge in [-0.3, -0.25) is 0 Å². The molecule has 1 saturated heterocycles. The van der Waals surface area contributed by atoms with Crippen LogP contribution in [0.2, 0.25) is 0 Å². The fourth-order valence-corrected chi connectivity index (χ4v) is 3.61. The van der Waals surface area contributed by atoms with Crippen LogP contribution >= 0.6 is 0 Å². The maximum absolute atomic E-state index is 5.49. The molecule has 0 unspecified atom stereocenters. The van der Waals surface area contributed by atoms with Crippen LogP contribution in [0.25, 0.3) is 0 Å². The van der Waals surface area contributed by atoms with Crippen LogP contribution in [0.15, 0.2) is 48.5 Å². The lowest BCUT2D eigenvalue weighted by atomic mass is 9.82. The number of nitrogens with one attached hydrogen (secondary N) is 1. The fraction of sp³-hybridized carbons (Fsp3) is 0.368. The first-order valence-corrected chi connectivity index (χ1v) is 7.91. The first kappa shape index (κ1) is 13.1. The average molecular weight is 279 g/mol. The Kier molecular flexibility index (Phi) is 3.50. The van der Waals surface area contributed by atoms with E-state index in [9.17, 15) is 0 Å². The highest BCUT2D eigenvalue weighted by Crippen LogP contribution is 2.35. The molecule has 4 rings (SSSR count). The minimum Gasteiger partial charge on any atom is -0.381 e. The van der Waals surface area contributed by atoms with E-state index in [0.29, 0.717) is 12.1 Å². The molecular weight excluding hydrogens is 258 g/mol. The monoisotopic (exact) mass is 279 g/mol. The van der Waals surface area contributed by atoms with Crippen LogP contribution in [0.5, 0.6) is 0 Å². The molecule has 2 aliphatic rings. The van der Waals surface area contributed by atoms with Crippen molar-refractivity contribution < 1.29 is 4.74 Å². The molecule has 1 fully saturated rings. The van der Waals surface area contributed by atoms with Gasteiger partial charge in [-0.15, -0.1) is 0 Å². The largest absolute Gasteiger partial charge is 0.381 e. The zero-order valence-electron chi connectivity index (χ0n) is 12.2. The van der Waals surface area contributed by atoms with Crippen LogP contribution < -0.4 is 5.32 Å². The van der Waals surface area contributed by atoms with E-state index in [1.54, 1.807) is 0 Å². The maximum Gasteiger partial charge on any atom is 0.0584 e. The number of rotatable bonds is 2. The van der Waals surface area contributed by atoms with Crippen molar-refractivity contribution in [1.82, 2.24) is 5.32 Å². The van der Waals surface area contributed by atoms with Gasteiger partial charge in [-0.25, -0.2) is 0 Å². The smallest absolute Gasteiger partial charge is 0.0584 e. The minimum absolute atomic E-state index is 0.328. The van der Waals surface area contributed by atoms with Crippen molar-refractivity contribution >= 4 is 0 Å². The van der Waals surface area contributed by atoms with Crippen molar-refractivity contribution in [2.24, 2.45) is 0 Å². The van der Waals surface area contributed by atoms with Crippen molar-refractivity contribution in [3.8, 4) is 0 Å². The Hall–Kier alpha value is -1.64. The Morgan fingerprint density at radius 2 is 1.38 bits per heavy atom. The Morgan fingerprint density at radius 1 is 0.810 bits per heavy atom. The molecule has 2 nitrogen and oxygen atoms in total. The van der Waals surface area contributed by atoms with Gasteiger partial charge in [0.2, 0.25) is 0 Å². The van der Waals surface area contributed by atoms with E-state index >= 15 is 0 Å². The summed E-state index contributed by atoms with van der Waals surface area (Å²) < 4.78 is 5.49. The molecule has 108 valence electrons. The number of fused-ring (bicyclic) bond motifs is 2. The summed E-state index contributed by atoms with van der Waals surface area (Å²) in [6.45, 7) is 1.77. The molecule has 1 heterocycles. The van der Waals surface area contributed by atoms with Gasteiger partial charge >= 0.3 is 0 Å². The third-order valence-electron chi connectivity index (χ3n) is 4.74. The molecule has 0 aromatic heterocycles. The topological polar surface area (TPSA) is 21.3 Å². The van der Waals surface area contributed by atoms with E-state index in [2.05, 4.69) is 53.8 Å². The van der Waals surface area contributed by atoms with Crippen LogP contribution in [0, 0.1) is 0 Å². The summed E-state index contributed by atoms with van der Waals surface area (Å²) in [5.74, 6) is 0. The number of benzene rings is 2. The summed E-state index contributed by atoms with van der Waals surface area (Å²) >= 11 is 0. The quantitative estimate of drug-likeness (QED) is 0.909. The first-order chi connectivity index (χ1) is 10.4. The molecule has 21 heavy (non-hydrogen) atoms. The molecular formula is C19H21NO. The fourth-order valence-electron chi connectivity index (χ4n) is 3.61. The molecule has 1 N–H and O–H groups in total. The summed E-state index contributed by atoms with van der Waals surface area (Å²) in [4.78, 5) is 0. The van der Waals surface area contributed by atoms with Crippen LogP contribution in [0.1, 0.15) is 41.1 Å². The van der Waals surface area contributed by atoms with Crippen LogP contribution in [0.4, 0.5) is 0 Å². The van der Waals surface area contributed by atoms with E-state index in [-0.39, 0.29) is 0 Å². The van der Waals surface area contributed by atoms with Gasteiger partial charge in [-0.1, -0.05) is 48.5 Å². The van der Waals surface area contributed by atoms with Crippen LogP contribution in [0.3, 0.4) is 0 Å². The SMILES string of the molecule is c1ccc2c(c1)Cc1ccccc1C2NC1CCOCC1. The van der Waals surface area contributed by atoms with Gasteiger partial charge in [0.15, 0.2) is 0 Å². The van der Waals surface area contributed by atoms with Crippen LogP contribution in [-0.4, -0.2) is 19.3 Å². The van der Waals surface area contributed by atoms with Gasteiger partial charge in [-0.2, -0.15) is 0 Å². The molecule has 2 heteroatoms. The Labute approximate surface area is 126 Å². The lowest BCUT2D eigenvalue weighted by Gasteiger charge is -2.34. The second-order valence-electron chi connectivity index (χ2n) is 6.06. The minimum atomic E-state index is 0.328. The zero-order chi connectivity index (χ0) is 14.1. The highest BCUT2D eigenvalue weighted by atomic mass is 16.5. The lowest BCUT2D eigenvalue weighted by Crippen LogP contribution is -2.39. The van der Waals surface area contributed by atoms with Gasteiger partial charge in [-0.05, 0) is 41.5 Å². The van der Waals surface area contributed by atoms with Gasteiger partial charge in [0.25, 0.3) is 0 Å². The summed E-state index contributed by atoms with van der Waals surface area (Å²) in [7, 11) is 0. The number of hydrogen-bond donors (Lipinski definition) is 1. The van der Waals surface area contributed by atoms with E-state index in [1.807, 2.05) is 0 Å². The van der Waals surface area contributed by atoms with Gasteiger partial charge < -0.3 is 10.1 Å². The van der Waals surface area contributed by atoms with Gasteiger partial charge in [0, 0.05) is 19.3 Å².